The lowest BCUT2D eigenvalue weighted by Gasteiger charge is -2.66. The molecule has 9 atom stereocenters. The molecular weight excluding hydrogens is 320 g/mol. The normalized spacial score (nSPS) is 57.8. The van der Waals surface area contributed by atoms with Crippen molar-refractivity contribution >= 4 is 0 Å². The molecule has 0 aromatic heterocycles. The van der Waals surface area contributed by atoms with Gasteiger partial charge in [0.1, 0.15) is 0 Å². The van der Waals surface area contributed by atoms with E-state index < -0.39 is 0 Å². The van der Waals surface area contributed by atoms with E-state index in [0.29, 0.717) is 22.3 Å². The van der Waals surface area contributed by atoms with Gasteiger partial charge in [-0.05, 0) is 104 Å². The molecular formula is C24H42O2. The van der Waals surface area contributed by atoms with Gasteiger partial charge >= 0.3 is 0 Å². The zero-order valence-corrected chi connectivity index (χ0v) is 18.1. The Kier molecular flexibility index (Phi) is 4.41. The van der Waals surface area contributed by atoms with Gasteiger partial charge in [-0.3, -0.25) is 0 Å². The minimum absolute atomic E-state index is 0.109. The minimum Gasteiger partial charge on any atom is -0.393 e. The molecule has 0 saturated heterocycles. The molecule has 0 radical (unpaired) electrons. The maximum absolute atomic E-state index is 10.6. The molecule has 0 amide bonds. The number of methoxy groups -OCH3 is 1. The highest BCUT2D eigenvalue weighted by molar-refractivity contribution is 5.15. The van der Waals surface area contributed by atoms with Crippen LogP contribution in [0.2, 0.25) is 0 Å². The standard InChI is InChI=1S/C24H42O2/c1-16(25)22(3)13-9-20-18-8-11-21(2)15-17(26-6)7-12-23(21,4)19(18)10-14-24(20,22)5/h16-20,25H,7-15H2,1-6H3/t16?,17?,18?,19?,20?,21?,22-,23?,24?/m1/s1. The van der Waals surface area contributed by atoms with Gasteiger partial charge < -0.3 is 9.84 Å². The number of ether oxygens (including phenoxy) is 1. The second-order valence-electron chi connectivity index (χ2n) is 11.6. The first-order chi connectivity index (χ1) is 12.1. The van der Waals surface area contributed by atoms with Crippen LogP contribution < -0.4 is 0 Å². The summed E-state index contributed by atoms with van der Waals surface area (Å²) in [5.74, 6) is 2.59. The average Bonchev–Trinajstić information content (AvgIpc) is 2.88. The molecule has 0 spiro atoms. The maximum Gasteiger partial charge on any atom is 0.0577 e. The number of aliphatic hydroxyl groups is 1. The Labute approximate surface area is 161 Å². The summed E-state index contributed by atoms with van der Waals surface area (Å²) >= 11 is 0. The molecule has 0 aliphatic heterocycles. The topological polar surface area (TPSA) is 29.5 Å². The largest absolute Gasteiger partial charge is 0.393 e. The van der Waals surface area contributed by atoms with Crippen molar-refractivity contribution in [1.29, 1.82) is 0 Å². The fourth-order valence-electron chi connectivity index (χ4n) is 8.78. The van der Waals surface area contributed by atoms with Gasteiger partial charge in [-0.1, -0.05) is 27.7 Å². The summed E-state index contributed by atoms with van der Waals surface area (Å²) in [4.78, 5) is 0. The molecule has 26 heavy (non-hydrogen) atoms. The van der Waals surface area contributed by atoms with Gasteiger partial charge in [0.2, 0.25) is 0 Å². The predicted molar refractivity (Wildman–Crippen MR) is 107 cm³/mol. The van der Waals surface area contributed by atoms with E-state index in [1.54, 1.807) is 0 Å². The Balaban J connectivity index is 1.64. The Morgan fingerprint density at radius 2 is 1.46 bits per heavy atom. The van der Waals surface area contributed by atoms with E-state index in [-0.39, 0.29) is 11.5 Å². The van der Waals surface area contributed by atoms with Gasteiger partial charge in [-0.25, -0.2) is 0 Å². The van der Waals surface area contributed by atoms with Gasteiger partial charge in [0.05, 0.1) is 12.2 Å². The van der Waals surface area contributed by atoms with Crippen LogP contribution in [0.1, 0.15) is 92.4 Å². The molecule has 2 nitrogen and oxygen atoms in total. The molecule has 0 aromatic carbocycles. The van der Waals surface area contributed by atoms with E-state index in [9.17, 15) is 5.11 Å². The first-order valence-electron chi connectivity index (χ1n) is 11.3. The molecule has 0 heterocycles. The summed E-state index contributed by atoms with van der Waals surface area (Å²) in [7, 11) is 1.91. The lowest BCUT2D eigenvalue weighted by molar-refractivity contribution is -0.184. The van der Waals surface area contributed by atoms with Crippen molar-refractivity contribution in [2.45, 2.75) is 105 Å². The average molecular weight is 363 g/mol. The third kappa shape index (κ3) is 2.24. The third-order valence-corrected chi connectivity index (χ3v) is 11.3. The van der Waals surface area contributed by atoms with Crippen LogP contribution in [0.25, 0.3) is 0 Å². The number of hydrogen-bond donors (Lipinski definition) is 1. The van der Waals surface area contributed by atoms with Gasteiger partial charge in [0, 0.05) is 7.11 Å². The van der Waals surface area contributed by atoms with Crippen LogP contribution >= 0.6 is 0 Å². The van der Waals surface area contributed by atoms with Crippen molar-refractivity contribution in [3.8, 4) is 0 Å². The fourth-order valence-corrected chi connectivity index (χ4v) is 8.78. The summed E-state index contributed by atoms with van der Waals surface area (Å²) in [6, 6.07) is 0. The zero-order valence-electron chi connectivity index (χ0n) is 18.1. The van der Waals surface area contributed by atoms with Gasteiger partial charge in [-0.15, -0.1) is 0 Å². The van der Waals surface area contributed by atoms with E-state index in [2.05, 4.69) is 27.7 Å². The first kappa shape index (κ1) is 19.2. The second-order valence-corrected chi connectivity index (χ2v) is 11.6. The number of fused-ring (bicyclic) bond motifs is 5. The predicted octanol–water partition coefficient (Wildman–Crippen LogP) is 5.82. The number of aliphatic hydroxyl groups excluding tert-OH is 1. The van der Waals surface area contributed by atoms with E-state index in [0.717, 1.165) is 17.8 Å². The molecule has 4 aliphatic carbocycles. The summed E-state index contributed by atoms with van der Waals surface area (Å²) in [6.07, 6.45) is 12.2. The van der Waals surface area contributed by atoms with Crippen molar-refractivity contribution in [2.75, 3.05) is 7.11 Å². The van der Waals surface area contributed by atoms with Gasteiger partial charge in [-0.2, -0.15) is 0 Å². The van der Waals surface area contributed by atoms with Crippen molar-refractivity contribution in [3.05, 3.63) is 0 Å². The lowest BCUT2D eigenvalue weighted by Crippen LogP contribution is -2.59. The first-order valence-corrected chi connectivity index (χ1v) is 11.3. The quantitative estimate of drug-likeness (QED) is 0.670. The van der Waals surface area contributed by atoms with E-state index in [1.807, 2.05) is 14.0 Å². The molecule has 2 heteroatoms. The van der Waals surface area contributed by atoms with Gasteiger partial charge in [0.15, 0.2) is 0 Å². The van der Waals surface area contributed by atoms with Crippen LogP contribution in [0, 0.1) is 39.4 Å². The molecule has 150 valence electrons. The monoisotopic (exact) mass is 362 g/mol. The van der Waals surface area contributed by atoms with Crippen molar-refractivity contribution < 1.29 is 9.84 Å². The molecule has 0 aromatic rings. The SMILES string of the molecule is COC1CCC2(C)C3CCC4(C)C(CC[C@]4(C)C(C)O)C3CCC2(C)C1. The number of hydrogen-bond acceptors (Lipinski definition) is 2. The Bertz CT molecular complexity index is 558. The van der Waals surface area contributed by atoms with E-state index in [4.69, 9.17) is 4.74 Å². The Hall–Kier alpha value is -0.0800. The van der Waals surface area contributed by atoms with Crippen LogP contribution in [-0.2, 0) is 4.74 Å². The summed E-state index contributed by atoms with van der Waals surface area (Å²) in [5, 5.41) is 10.6. The third-order valence-electron chi connectivity index (χ3n) is 11.3. The highest BCUT2D eigenvalue weighted by Gasteiger charge is 2.66. The molecule has 4 aliphatic rings. The fraction of sp³-hybridized carbons (Fsp3) is 1.00. The summed E-state index contributed by atoms with van der Waals surface area (Å²) < 4.78 is 5.80. The molecule has 8 unspecified atom stereocenters. The smallest absolute Gasteiger partial charge is 0.0577 e. The van der Waals surface area contributed by atoms with E-state index >= 15 is 0 Å². The van der Waals surface area contributed by atoms with E-state index in [1.165, 1.54) is 57.8 Å². The van der Waals surface area contributed by atoms with Crippen molar-refractivity contribution in [1.82, 2.24) is 0 Å². The summed E-state index contributed by atoms with van der Waals surface area (Å²) in [6.45, 7) is 12.2. The highest BCUT2D eigenvalue weighted by Crippen LogP contribution is 2.73. The van der Waals surface area contributed by atoms with Crippen LogP contribution in [0.3, 0.4) is 0 Å². The zero-order chi connectivity index (χ0) is 19.0. The minimum atomic E-state index is -0.185. The maximum atomic E-state index is 10.6. The second kappa shape index (κ2) is 5.96. The lowest BCUT2D eigenvalue weighted by atomic mass is 9.39. The van der Waals surface area contributed by atoms with Crippen LogP contribution in [0.4, 0.5) is 0 Å². The molecule has 0 bridgehead atoms. The highest BCUT2D eigenvalue weighted by atomic mass is 16.5. The van der Waals surface area contributed by atoms with Crippen molar-refractivity contribution in [3.63, 3.8) is 0 Å². The van der Waals surface area contributed by atoms with Crippen LogP contribution in [0.5, 0.6) is 0 Å². The summed E-state index contributed by atoms with van der Waals surface area (Å²) in [5.41, 5.74) is 1.37. The number of rotatable bonds is 2. The molecule has 4 fully saturated rings. The molecule has 1 N–H and O–H groups in total. The Morgan fingerprint density at radius 3 is 2.12 bits per heavy atom. The Morgan fingerprint density at radius 1 is 0.846 bits per heavy atom. The van der Waals surface area contributed by atoms with Crippen LogP contribution in [-0.4, -0.2) is 24.4 Å². The molecule has 4 saturated carbocycles. The van der Waals surface area contributed by atoms with Crippen molar-refractivity contribution in [2.24, 2.45) is 39.4 Å². The molecule has 4 rings (SSSR count). The van der Waals surface area contributed by atoms with Crippen LogP contribution in [0.15, 0.2) is 0 Å². The van der Waals surface area contributed by atoms with Gasteiger partial charge in [0.25, 0.3) is 0 Å².